The summed E-state index contributed by atoms with van der Waals surface area (Å²) in [5.74, 6) is -0.528. The first-order valence-electron chi connectivity index (χ1n) is 13.8. The number of aromatic nitrogens is 2. The zero-order valence-corrected chi connectivity index (χ0v) is 25.5. The van der Waals surface area contributed by atoms with E-state index in [-0.39, 0.29) is 24.3 Å². The Balaban J connectivity index is 1.41. The van der Waals surface area contributed by atoms with Gasteiger partial charge in [0.2, 0.25) is 5.91 Å². The first-order chi connectivity index (χ1) is 20.3. The summed E-state index contributed by atoms with van der Waals surface area (Å²) in [4.78, 5) is 47.6. The lowest BCUT2D eigenvalue weighted by Gasteiger charge is -2.15. The standard InChI is InChI=1S/C32H28ClN3O4S2/c1-3-40-32(39)27-23(19-11-13-21(33)14-12-19)17-41-29(27)34-25(37)16-36-28(20-8-6-7-18(2)15-20)35-30-26(31(36)38)22-9-4-5-10-24(22)42-30/h6-8,11-15,17H,3-5,9-10,16H2,1-2H3,(H,34,37). The smallest absolute Gasteiger partial charge is 0.341 e. The fourth-order valence-corrected chi connectivity index (χ4v) is 7.75. The molecule has 3 aromatic heterocycles. The largest absolute Gasteiger partial charge is 0.462 e. The Labute approximate surface area is 255 Å². The molecule has 0 saturated carbocycles. The highest BCUT2D eigenvalue weighted by Crippen LogP contribution is 2.37. The molecule has 0 aliphatic heterocycles. The van der Waals surface area contributed by atoms with E-state index in [0.29, 0.717) is 26.8 Å². The highest BCUT2D eigenvalue weighted by atomic mass is 35.5. The topological polar surface area (TPSA) is 90.3 Å². The van der Waals surface area contributed by atoms with Crippen LogP contribution in [0.2, 0.25) is 5.02 Å². The van der Waals surface area contributed by atoms with Crippen molar-refractivity contribution in [3.8, 4) is 22.5 Å². The van der Waals surface area contributed by atoms with E-state index in [4.69, 9.17) is 21.3 Å². The zero-order valence-electron chi connectivity index (χ0n) is 23.2. The minimum absolute atomic E-state index is 0.189. The molecule has 0 bridgehead atoms. The van der Waals surface area contributed by atoms with E-state index < -0.39 is 11.9 Å². The SMILES string of the molecule is CCOC(=O)c1c(-c2ccc(Cl)cc2)csc1NC(=O)Cn1c(-c2cccc(C)c2)nc2sc3c(c2c1=O)CCCC3. The number of thiophene rings is 2. The number of carbonyl (C=O) groups excluding carboxylic acids is 2. The molecule has 10 heteroatoms. The van der Waals surface area contributed by atoms with Crippen LogP contribution in [-0.2, 0) is 28.9 Å². The summed E-state index contributed by atoms with van der Waals surface area (Å²) >= 11 is 8.89. The third kappa shape index (κ3) is 5.40. The average Bonchev–Trinajstić information content (AvgIpc) is 3.56. The van der Waals surface area contributed by atoms with E-state index >= 15 is 0 Å². The van der Waals surface area contributed by atoms with Crippen LogP contribution in [0.3, 0.4) is 0 Å². The van der Waals surface area contributed by atoms with Gasteiger partial charge in [-0.15, -0.1) is 22.7 Å². The van der Waals surface area contributed by atoms with Gasteiger partial charge in [-0.1, -0.05) is 47.5 Å². The summed E-state index contributed by atoms with van der Waals surface area (Å²) in [7, 11) is 0. The quantitative estimate of drug-likeness (QED) is 0.191. The molecule has 0 spiro atoms. The van der Waals surface area contributed by atoms with Crippen LogP contribution in [0.5, 0.6) is 0 Å². The number of esters is 1. The average molecular weight is 618 g/mol. The molecule has 0 atom stereocenters. The maximum Gasteiger partial charge on any atom is 0.341 e. The summed E-state index contributed by atoms with van der Waals surface area (Å²) in [5, 5.41) is 6.25. The van der Waals surface area contributed by atoms with E-state index in [1.54, 1.807) is 35.8 Å². The molecule has 0 unspecified atom stereocenters. The Hall–Kier alpha value is -3.79. The zero-order chi connectivity index (χ0) is 29.4. The lowest BCUT2D eigenvalue weighted by Crippen LogP contribution is -2.30. The number of nitrogens with zero attached hydrogens (tertiary/aromatic N) is 2. The Morgan fingerprint density at radius 1 is 1.10 bits per heavy atom. The number of rotatable bonds is 7. The molecular formula is C32H28ClN3O4S2. The summed E-state index contributed by atoms with van der Waals surface area (Å²) in [6.45, 7) is 3.64. The molecule has 0 radical (unpaired) electrons. The molecule has 1 N–H and O–H groups in total. The van der Waals surface area contributed by atoms with Crippen LogP contribution in [-0.4, -0.2) is 28.0 Å². The van der Waals surface area contributed by atoms with Crippen LogP contribution in [0.15, 0.2) is 58.7 Å². The van der Waals surface area contributed by atoms with Gasteiger partial charge < -0.3 is 10.1 Å². The van der Waals surface area contributed by atoms with Gasteiger partial charge in [0.15, 0.2) is 0 Å². The van der Waals surface area contributed by atoms with Crippen molar-refractivity contribution in [1.82, 2.24) is 9.55 Å². The van der Waals surface area contributed by atoms with Crippen LogP contribution in [0.4, 0.5) is 5.00 Å². The van der Waals surface area contributed by atoms with Crippen LogP contribution in [0.1, 0.15) is 46.1 Å². The number of aryl methyl sites for hydroxylation is 3. The number of fused-ring (bicyclic) bond motifs is 3. The molecule has 0 saturated heterocycles. The van der Waals surface area contributed by atoms with Crippen molar-refractivity contribution in [2.75, 3.05) is 11.9 Å². The Bertz CT molecular complexity index is 1890. The highest BCUT2D eigenvalue weighted by molar-refractivity contribution is 7.18. The van der Waals surface area contributed by atoms with E-state index in [1.165, 1.54) is 20.8 Å². The second-order valence-electron chi connectivity index (χ2n) is 10.2. The van der Waals surface area contributed by atoms with E-state index in [1.807, 2.05) is 43.3 Å². The lowest BCUT2D eigenvalue weighted by atomic mass is 9.97. The van der Waals surface area contributed by atoms with E-state index in [2.05, 4.69) is 5.32 Å². The molecule has 7 nitrogen and oxygen atoms in total. The van der Waals surface area contributed by atoms with Crippen LogP contribution < -0.4 is 10.9 Å². The molecule has 0 fully saturated rings. The number of hydrogen-bond acceptors (Lipinski definition) is 7. The number of anilines is 1. The fourth-order valence-electron chi connectivity index (χ4n) is 5.40. The summed E-state index contributed by atoms with van der Waals surface area (Å²) in [6, 6.07) is 14.9. The van der Waals surface area contributed by atoms with Gasteiger partial charge in [0.05, 0.1) is 12.0 Å². The predicted molar refractivity (Wildman–Crippen MR) is 170 cm³/mol. The van der Waals surface area contributed by atoms with Gasteiger partial charge in [-0.3, -0.25) is 14.2 Å². The molecule has 3 heterocycles. The summed E-state index contributed by atoms with van der Waals surface area (Å²) in [6.07, 6.45) is 3.92. The van der Waals surface area contributed by atoms with E-state index in [9.17, 15) is 14.4 Å². The molecule has 1 aliphatic carbocycles. The van der Waals surface area contributed by atoms with Crippen molar-refractivity contribution in [3.63, 3.8) is 0 Å². The molecule has 42 heavy (non-hydrogen) atoms. The van der Waals surface area contributed by atoms with Crippen molar-refractivity contribution < 1.29 is 14.3 Å². The van der Waals surface area contributed by atoms with Gasteiger partial charge in [-0.25, -0.2) is 9.78 Å². The monoisotopic (exact) mass is 617 g/mol. The lowest BCUT2D eigenvalue weighted by molar-refractivity contribution is -0.116. The van der Waals surface area contributed by atoms with Gasteiger partial charge >= 0.3 is 5.97 Å². The maximum atomic E-state index is 14.1. The van der Waals surface area contributed by atoms with Crippen LogP contribution in [0.25, 0.3) is 32.7 Å². The molecule has 1 amide bonds. The van der Waals surface area contributed by atoms with Gasteiger partial charge in [0, 0.05) is 26.4 Å². The number of carbonyl (C=O) groups is 2. The summed E-state index contributed by atoms with van der Waals surface area (Å²) < 4.78 is 6.80. The van der Waals surface area contributed by atoms with E-state index in [0.717, 1.165) is 52.8 Å². The van der Waals surface area contributed by atoms with Crippen LogP contribution in [0, 0.1) is 6.92 Å². The number of amides is 1. The van der Waals surface area contributed by atoms with Crippen molar-refractivity contribution >= 4 is 61.4 Å². The second-order valence-corrected chi connectivity index (χ2v) is 12.6. The third-order valence-corrected chi connectivity index (χ3v) is 9.66. The molecule has 2 aromatic carbocycles. The van der Waals surface area contributed by atoms with Gasteiger partial charge in [-0.2, -0.15) is 0 Å². The number of nitrogens with one attached hydrogen (secondary N) is 1. The van der Waals surface area contributed by atoms with Crippen molar-refractivity contribution in [3.05, 3.63) is 90.9 Å². The molecule has 1 aliphatic rings. The Morgan fingerprint density at radius 3 is 2.64 bits per heavy atom. The Kier molecular flexibility index (Phi) is 7.98. The maximum absolute atomic E-state index is 14.1. The summed E-state index contributed by atoms with van der Waals surface area (Å²) in [5.41, 5.74) is 4.32. The predicted octanol–water partition coefficient (Wildman–Crippen LogP) is 7.51. The first-order valence-corrected chi connectivity index (χ1v) is 15.9. The van der Waals surface area contributed by atoms with Gasteiger partial charge in [0.1, 0.15) is 27.8 Å². The highest BCUT2D eigenvalue weighted by Gasteiger charge is 2.26. The second kappa shape index (κ2) is 11.8. The normalized spacial score (nSPS) is 12.7. The van der Waals surface area contributed by atoms with Crippen LogP contribution >= 0.6 is 34.3 Å². The number of ether oxygens (including phenoxy) is 1. The number of benzene rings is 2. The molecule has 214 valence electrons. The van der Waals surface area contributed by atoms with Crippen molar-refractivity contribution in [2.24, 2.45) is 0 Å². The number of hydrogen-bond donors (Lipinski definition) is 1. The minimum Gasteiger partial charge on any atom is -0.462 e. The van der Waals surface area contributed by atoms with Gasteiger partial charge in [0.25, 0.3) is 5.56 Å². The molecular weight excluding hydrogens is 590 g/mol. The minimum atomic E-state index is -0.537. The fraction of sp³-hybridized carbons (Fsp3) is 0.250. The molecule has 6 rings (SSSR count). The van der Waals surface area contributed by atoms with Gasteiger partial charge in [-0.05, 0) is 68.9 Å². The third-order valence-electron chi connectivity index (χ3n) is 7.33. The number of halogens is 1. The Morgan fingerprint density at radius 2 is 1.88 bits per heavy atom. The molecule has 5 aromatic rings. The first kappa shape index (κ1) is 28.3. The van der Waals surface area contributed by atoms with Crippen molar-refractivity contribution in [1.29, 1.82) is 0 Å². The van der Waals surface area contributed by atoms with Crippen molar-refractivity contribution in [2.45, 2.75) is 46.1 Å².